The Bertz CT molecular complexity index is 667. The van der Waals surface area contributed by atoms with Gasteiger partial charge < -0.3 is 9.64 Å². The van der Waals surface area contributed by atoms with E-state index in [2.05, 4.69) is 15.8 Å². The standard InChI is InChI=1S/C16H16N2O3S/c1-21-16(20)11-6-7-12(17-10-11)15(19)18-8-2-4-13(18)14-5-3-9-22-14/h3,5-7,9-10,13H,2,4,8H2,1H3/t13-/m1/s1. The van der Waals surface area contributed by atoms with Gasteiger partial charge in [0.2, 0.25) is 0 Å². The molecule has 5 nitrogen and oxygen atoms in total. The first-order chi connectivity index (χ1) is 10.7. The van der Waals surface area contributed by atoms with Gasteiger partial charge in [0.05, 0.1) is 18.7 Å². The quantitative estimate of drug-likeness (QED) is 0.817. The monoisotopic (exact) mass is 316 g/mol. The Balaban J connectivity index is 1.79. The highest BCUT2D eigenvalue weighted by atomic mass is 32.1. The lowest BCUT2D eigenvalue weighted by Crippen LogP contribution is -2.30. The molecule has 2 aromatic heterocycles. The number of rotatable bonds is 3. The molecular weight excluding hydrogens is 300 g/mol. The van der Waals surface area contributed by atoms with Crippen LogP contribution in [0.5, 0.6) is 0 Å². The minimum absolute atomic E-state index is 0.0904. The summed E-state index contributed by atoms with van der Waals surface area (Å²) in [6.45, 7) is 0.738. The molecule has 0 radical (unpaired) electrons. The Morgan fingerprint density at radius 2 is 2.23 bits per heavy atom. The third kappa shape index (κ3) is 2.74. The van der Waals surface area contributed by atoms with Gasteiger partial charge >= 0.3 is 5.97 Å². The van der Waals surface area contributed by atoms with Crippen LogP contribution in [0, 0.1) is 0 Å². The number of carbonyl (C=O) groups is 2. The fourth-order valence-corrected chi connectivity index (χ4v) is 3.57. The number of pyridine rings is 1. The van der Waals surface area contributed by atoms with Crippen molar-refractivity contribution in [2.45, 2.75) is 18.9 Å². The molecular formula is C16H16N2O3S. The van der Waals surface area contributed by atoms with E-state index in [0.29, 0.717) is 11.3 Å². The van der Waals surface area contributed by atoms with E-state index in [1.807, 2.05) is 16.3 Å². The zero-order valence-corrected chi connectivity index (χ0v) is 13.0. The third-order valence-electron chi connectivity index (χ3n) is 3.79. The van der Waals surface area contributed by atoms with Gasteiger partial charge in [-0.05, 0) is 36.4 Å². The van der Waals surface area contributed by atoms with Crippen LogP contribution in [0.25, 0.3) is 0 Å². The first-order valence-electron chi connectivity index (χ1n) is 7.09. The molecule has 6 heteroatoms. The van der Waals surface area contributed by atoms with Crippen molar-refractivity contribution in [1.82, 2.24) is 9.88 Å². The van der Waals surface area contributed by atoms with Gasteiger partial charge in [0.25, 0.3) is 5.91 Å². The van der Waals surface area contributed by atoms with E-state index in [-0.39, 0.29) is 11.9 Å². The number of thiophene rings is 1. The fraction of sp³-hybridized carbons (Fsp3) is 0.312. The molecule has 114 valence electrons. The van der Waals surface area contributed by atoms with Gasteiger partial charge in [-0.2, -0.15) is 0 Å². The maximum atomic E-state index is 12.7. The van der Waals surface area contributed by atoms with Crippen molar-refractivity contribution in [1.29, 1.82) is 0 Å². The van der Waals surface area contributed by atoms with Crippen LogP contribution in [0.3, 0.4) is 0 Å². The van der Waals surface area contributed by atoms with E-state index in [1.54, 1.807) is 23.5 Å². The van der Waals surface area contributed by atoms with E-state index in [4.69, 9.17) is 0 Å². The summed E-state index contributed by atoms with van der Waals surface area (Å²) in [6.07, 6.45) is 3.36. The first kappa shape index (κ1) is 14.7. The lowest BCUT2D eigenvalue weighted by atomic mass is 10.1. The summed E-state index contributed by atoms with van der Waals surface area (Å²) in [5, 5.41) is 2.03. The van der Waals surface area contributed by atoms with Gasteiger partial charge in [-0.15, -0.1) is 11.3 Å². The largest absolute Gasteiger partial charge is 0.465 e. The van der Waals surface area contributed by atoms with Crippen LogP contribution in [0.1, 0.15) is 44.6 Å². The number of hydrogen-bond acceptors (Lipinski definition) is 5. The summed E-state index contributed by atoms with van der Waals surface area (Å²) >= 11 is 1.67. The maximum absolute atomic E-state index is 12.7. The second-order valence-electron chi connectivity index (χ2n) is 5.10. The molecule has 0 spiro atoms. The molecule has 1 saturated heterocycles. The number of aromatic nitrogens is 1. The first-order valence-corrected chi connectivity index (χ1v) is 7.97. The van der Waals surface area contributed by atoms with Crippen molar-refractivity contribution in [3.8, 4) is 0 Å². The minimum atomic E-state index is -0.455. The Labute approximate surface area is 132 Å². The molecule has 1 aliphatic heterocycles. The molecule has 2 aromatic rings. The zero-order valence-electron chi connectivity index (χ0n) is 12.2. The van der Waals surface area contributed by atoms with Gasteiger partial charge in [0.1, 0.15) is 5.69 Å². The average molecular weight is 316 g/mol. The van der Waals surface area contributed by atoms with Gasteiger partial charge in [0, 0.05) is 17.6 Å². The van der Waals surface area contributed by atoms with Crippen LogP contribution in [0.2, 0.25) is 0 Å². The minimum Gasteiger partial charge on any atom is -0.465 e. The highest BCUT2D eigenvalue weighted by Gasteiger charge is 2.31. The molecule has 3 rings (SSSR count). The molecule has 0 saturated carbocycles. The van der Waals surface area contributed by atoms with Crippen LogP contribution in [0.15, 0.2) is 35.8 Å². The molecule has 0 N–H and O–H groups in total. The number of carbonyl (C=O) groups excluding carboxylic acids is 2. The van der Waals surface area contributed by atoms with Crippen LogP contribution in [0.4, 0.5) is 0 Å². The van der Waals surface area contributed by atoms with Crippen molar-refractivity contribution in [2.24, 2.45) is 0 Å². The molecule has 1 amide bonds. The number of ether oxygens (including phenoxy) is 1. The van der Waals surface area contributed by atoms with E-state index in [0.717, 1.165) is 19.4 Å². The van der Waals surface area contributed by atoms with E-state index in [9.17, 15) is 9.59 Å². The Kier molecular flexibility index (Phi) is 4.20. The van der Waals surface area contributed by atoms with Gasteiger partial charge in [0.15, 0.2) is 0 Å². The molecule has 0 aliphatic carbocycles. The van der Waals surface area contributed by atoms with Crippen molar-refractivity contribution in [3.05, 3.63) is 52.0 Å². The van der Waals surface area contributed by atoms with Gasteiger partial charge in [-0.1, -0.05) is 6.07 Å². The number of likely N-dealkylation sites (tertiary alicyclic amines) is 1. The van der Waals surface area contributed by atoms with E-state index < -0.39 is 5.97 Å². The van der Waals surface area contributed by atoms with Gasteiger partial charge in [-0.3, -0.25) is 9.78 Å². The lowest BCUT2D eigenvalue weighted by Gasteiger charge is -2.23. The molecule has 1 aliphatic rings. The van der Waals surface area contributed by atoms with Crippen molar-refractivity contribution >= 4 is 23.2 Å². The van der Waals surface area contributed by atoms with E-state index >= 15 is 0 Å². The smallest absolute Gasteiger partial charge is 0.339 e. The van der Waals surface area contributed by atoms with Crippen LogP contribution in [-0.2, 0) is 4.74 Å². The highest BCUT2D eigenvalue weighted by Crippen LogP contribution is 2.35. The normalized spacial score (nSPS) is 17.5. The molecule has 0 aromatic carbocycles. The summed E-state index contributed by atoms with van der Waals surface area (Å²) in [5.41, 5.74) is 0.700. The molecule has 1 fully saturated rings. The average Bonchev–Trinajstić information content (AvgIpc) is 3.24. The summed E-state index contributed by atoms with van der Waals surface area (Å²) in [4.78, 5) is 31.2. The second-order valence-corrected chi connectivity index (χ2v) is 6.07. The number of hydrogen-bond donors (Lipinski definition) is 0. The topological polar surface area (TPSA) is 59.5 Å². The highest BCUT2D eigenvalue weighted by molar-refractivity contribution is 7.10. The number of amides is 1. The zero-order chi connectivity index (χ0) is 15.5. The number of nitrogens with zero attached hydrogens (tertiary/aromatic N) is 2. The Hall–Kier alpha value is -2.21. The van der Waals surface area contributed by atoms with Crippen LogP contribution >= 0.6 is 11.3 Å². The fourth-order valence-electron chi connectivity index (χ4n) is 2.69. The molecule has 22 heavy (non-hydrogen) atoms. The number of esters is 1. The maximum Gasteiger partial charge on any atom is 0.339 e. The summed E-state index contributed by atoms with van der Waals surface area (Å²) in [7, 11) is 1.32. The molecule has 3 heterocycles. The lowest BCUT2D eigenvalue weighted by molar-refractivity contribution is 0.0598. The van der Waals surface area contributed by atoms with Gasteiger partial charge in [-0.25, -0.2) is 4.79 Å². The predicted octanol–water partition coefficient (Wildman–Crippen LogP) is 2.91. The third-order valence-corrected chi connectivity index (χ3v) is 4.76. The molecule has 0 unspecified atom stereocenters. The second kappa shape index (κ2) is 6.27. The van der Waals surface area contributed by atoms with Crippen LogP contribution < -0.4 is 0 Å². The van der Waals surface area contributed by atoms with Crippen LogP contribution in [-0.4, -0.2) is 35.4 Å². The molecule has 1 atom stereocenters. The van der Waals surface area contributed by atoms with E-state index in [1.165, 1.54) is 18.2 Å². The SMILES string of the molecule is COC(=O)c1ccc(C(=O)N2CCC[C@@H]2c2cccs2)nc1. The number of methoxy groups -OCH3 is 1. The van der Waals surface area contributed by atoms with Crippen molar-refractivity contribution in [2.75, 3.05) is 13.7 Å². The summed E-state index contributed by atoms with van der Waals surface area (Å²) in [5.74, 6) is -0.545. The Morgan fingerprint density at radius 3 is 2.86 bits per heavy atom. The summed E-state index contributed by atoms with van der Waals surface area (Å²) in [6, 6.07) is 7.36. The predicted molar refractivity (Wildman–Crippen MR) is 82.9 cm³/mol. The summed E-state index contributed by atoms with van der Waals surface area (Å²) < 4.78 is 4.63. The van der Waals surface area contributed by atoms with Crippen molar-refractivity contribution < 1.29 is 14.3 Å². The Morgan fingerprint density at radius 1 is 1.36 bits per heavy atom. The van der Waals surface area contributed by atoms with Crippen molar-refractivity contribution in [3.63, 3.8) is 0 Å². The molecule has 0 bridgehead atoms.